The fraction of sp³-hybridized carbons (Fsp3) is 0.333. The monoisotopic (exact) mass is 414 g/mol. The first kappa shape index (κ1) is 20.3. The van der Waals surface area contributed by atoms with Crippen LogP contribution in [0.4, 0.5) is 0 Å². The van der Waals surface area contributed by atoms with E-state index in [0.29, 0.717) is 12.0 Å². The quantitative estimate of drug-likeness (QED) is 0.604. The van der Waals surface area contributed by atoms with E-state index in [0.717, 1.165) is 25.3 Å². The van der Waals surface area contributed by atoms with Crippen LogP contribution >= 0.6 is 0 Å². The van der Waals surface area contributed by atoms with Crippen LogP contribution < -0.4 is 15.4 Å². The van der Waals surface area contributed by atoms with Crippen molar-refractivity contribution >= 4 is 0 Å². The van der Waals surface area contributed by atoms with E-state index in [-0.39, 0.29) is 18.2 Å². The Balaban J connectivity index is 1.47. The summed E-state index contributed by atoms with van der Waals surface area (Å²) in [6.45, 7) is 1.59. The van der Waals surface area contributed by atoms with Gasteiger partial charge in [-0.05, 0) is 23.6 Å². The number of hydrogen-bond donors (Lipinski definition) is 2. The molecule has 2 aliphatic heterocycles. The first-order chi connectivity index (χ1) is 15.3. The Morgan fingerprint density at radius 2 is 1.58 bits per heavy atom. The predicted octanol–water partition coefficient (Wildman–Crippen LogP) is 4.32. The number of fused-ring (bicyclic) bond motifs is 1. The Bertz CT molecular complexity index is 939. The van der Waals surface area contributed by atoms with E-state index in [1.54, 1.807) is 7.11 Å². The third kappa shape index (κ3) is 4.11. The van der Waals surface area contributed by atoms with Gasteiger partial charge in [0.25, 0.3) is 0 Å². The number of rotatable bonds is 7. The van der Waals surface area contributed by atoms with Crippen molar-refractivity contribution in [1.29, 1.82) is 0 Å². The van der Waals surface area contributed by atoms with Gasteiger partial charge in [0.2, 0.25) is 0 Å². The van der Waals surface area contributed by atoms with Gasteiger partial charge in [0.1, 0.15) is 12.0 Å². The molecule has 2 fully saturated rings. The number of nitrogens with one attached hydrogen (secondary N) is 2. The normalized spacial score (nSPS) is 25.0. The van der Waals surface area contributed by atoms with Crippen molar-refractivity contribution < 1.29 is 9.47 Å². The number of benzene rings is 3. The summed E-state index contributed by atoms with van der Waals surface area (Å²) >= 11 is 0. The van der Waals surface area contributed by atoms with Crippen molar-refractivity contribution in [2.24, 2.45) is 5.92 Å². The minimum Gasteiger partial charge on any atom is -0.496 e. The lowest BCUT2D eigenvalue weighted by Crippen LogP contribution is -2.47. The Kier molecular flexibility index (Phi) is 6.03. The summed E-state index contributed by atoms with van der Waals surface area (Å²) in [7, 11) is 1.74. The van der Waals surface area contributed by atoms with Gasteiger partial charge in [-0.2, -0.15) is 0 Å². The molecule has 4 nitrogen and oxygen atoms in total. The molecule has 0 amide bonds. The molecule has 3 aromatic rings. The molecule has 2 aliphatic rings. The first-order valence-corrected chi connectivity index (χ1v) is 11.2. The van der Waals surface area contributed by atoms with Crippen LogP contribution in [0.2, 0.25) is 0 Å². The van der Waals surface area contributed by atoms with Crippen molar-refractivity contribution in [3.8, 4) is 5.75 Å². The van der Waals surface area contributed by atoms with E-state index in [2.05, 4.69) is 83.4 Å². The van der Waals surface area contributed by atoms with Gasteiger partial charge in [0, 0.05) is 42.6 Å². The van der Waals surface area contributed by atoms with Crippen molar-refractivity contribution in [2.45, 2.75) is 37.2 Å². The van der Waals surface area contributed by atoms with Crippen LogP contribution in [0.3, 0.4) is 0 Å². The van der Waals surface area contributed by atoms with E-state index >= 15 is 0 Å². The minimum atomic E-state index is 0.107. The molecule has 0 spiro atoms. The molecule has 31 heavy (non-hydrogen) atoms. The van der Waals surface area contributed by atoms with E-state index in [1.807, 2.05) is 12.1 Å². The number of methoxy groups -OCH3 is 1. The fourth-order valence-electron chi connectivity index (χ4n) is 5.29. The average Bonchev–Trinajstić information content (AvgIpc) is 3.41. The molecule has 2 saturated heterocycles. The molecule has 0 bridgehead atoms. The van der Waals surface area contributed by atoms with E-state index in [4.69, 9.17) is 9.47 Å². The summed E-state index contributed by atoms with van der Waals surface area (Å²) in [6, 6.07) is 30.5. The molecule has 2 N–H and O–H groups in total. The molecule has 160 valence electrons. The Morgan fingerprint density at radius 1 is 0.935 bits per heavy atom. The lowest BCUT2D eigenvalue weighted by Gasteiger charge is -2.32. The molecule has 0 aromatic heterocycles. The van der Waals surface area contributed by atoms with Gasteiger partial charge in [-0.3, -0.25) is 5.32 Å². The molecule has 4 unspecified atom stereocenters. The van der Waals surface area contributed by atoms with Crippen LogP contribution in [0, 0.1) is 5.92 Å². The van der Waals surface area contributed by atoms with Gasteiger partial charge in [-0.1, -0.05) is 78.9 Å². The standard InChI is InChI=1S/C27H30N2O2/c1-30-23-15-9-8-14-21(23)18-28-25-22-16-17-31-27(22)29-26(25)24(19-10-4-2-5-11-19)20-12-6-3-7-13-20/h2-15,22,24-29H,16-18H2,1H3. The largest absolute Gasteiger partial charge is 0.496 e. The van der Waals surface area contributed by atoms with E-state index < -0.39 is 0 Å². The zero-order valence-corrected chi connectivity index (χ0v) is 17.9. The van der Waals surface area contributed by atoms with Crippen molar-refractivity contribution in [3.05, 3.63) is 102 Å². The molecular weight excluding hydrogens is 384 g/mol. The van der Waals surface area contributed by atoms with Crippen molar-refractivity contribution in [2.75, 3.05) is 13.7 Å². The van der Waals surface area contributed by atoms with Gasteiger partial charge in [-0.25, -0.2) is 0 Å². The fourth-order valence-corrected chi connectivity index (χ4v) is 5.29. The lowest BCUT2D eigenvalue weighted by molar-refractivity contribution is 0.0798. The molecule has 0 aliphatic carbocycles. The molecule has 0 saturated carbocycles. The summed E-state index contributed by atoms with van der Waals surface area (Å²) in [5.41, 5.74) is 3.84. The van der Waals surface area contributed by atoms with Crippen molar-refractivity contribution in [1.82, 2.24) is 10.6 Å². The van der Waals surface area contributed by atoms with Gasteiger partial charge in [0.15, 0.2) is 0 Å². The molecule has 5 rings (SSSR count). The summed E-state index contributed by atoms with van der Waals surface area (Å²) in [5, 5.41) is 7.74. The maximum absolute atomic E-state index is 6.08. The maximum Gasteiger partial charge on any atom is 0.123 e. The number of para-hydroxylation sites is 1. The topological polar surface area (TPSA) is 42.5 Å². The van der Waals surface area contributed by atoms with Gasteiger partial charge in [0.05, 0.1) is 7.11 Å². The minimum absolute atomic E-state index is 0.107. The van der Waals surface area contributed by atoms with E-state index in [9.17, 15) is 0 Å². The summed E-state index contributed by atoms with van der Waals surface area (Å²) in [6.07, 6.45) is 1.18. The highest BCUT2D eigenvalue weighted by molar-refractivity contribution is 5.37. The van der Waals surface area contributed by atoms with Crippen LogP contribution in [0.15, 0.2) is 84.9 Å². The molecule has 2 heterocycles. The SMILES string of the molecule is COc1ccccc1CNC1C2CCOC2NC1C(c1ccccc1)c1ccccc1. The Morgan fingerprint density at radius 3 is 2.26 bits per heavy atom. The molecule has 3 aromatic carbocycles. The Labute approximate surface area is 184 Å². The van der Waals surface area contributed by atoms with Crippen LogP contribution in [-0.2, 0) is 11.3 Å². The average molecular weight is 415 g/mol. The third-order valence-corrected chi connectivity index (χ3v) is 6.74. The lowest BCUT2D eigenvalue weighted by atomic mass is 9.80. The second-order valence-corrected chi connectivity index (χ2v) is 8.45. The predicted molar refractivity (Wildman–Crippen MR) is 123 cm³/mol. The molecular formula is C27H30N2O2. The van der Waals surface area contributed by atoms with Gasteiger partial charge >= 0.3 is 0 Å². The highest BCUT2D eigenvalue weighted by Gasteiger charge is 2.49. The van der Waals surface area contributed by atoms with E-state index in [1.165, 1.54) is 16.7 Å². The zero-order valence-electron chi connectivity index (χ0n) is 17.9. The zero-order chi connectivity index (χ0) is 21.0. The summed E-state index contributed by atoms with van der Waals surface area (Å²) in [5.74, 6) is 1.63. The Hall–Kier alpha value is -2.66. The first-order valence-electron chi connectivity index (χ1n) is 11.2. The highest BCUT2D eigenvalue weighted by Crippen LogP contribution is 2.39. The van der Waals surface area contributed by atoms with Crippen molar-refractivity contribution in [3.63, 3.8) is 0 Å². The molecule has 4 atom stereocenters. The summed E-state index contributed by atoms with van der Waals surface area (Å²) in [4.78, 5) is 0. The third-order valence-electron chi connectivity index (χ3n) is 6.74. The maximum atomic E-state index is 6.08. The van der Waals surface area contributed by atoms with Crippen LogP contribution in [0.5, 0.6) is 5.75 Å². The second-order valence-electron chi connectivity index (χ2n) is 8.45. The van der Waals surface area contributed by atoms with Crippen LogP contribution in [0.1, 0.15) is 29.0 Å². The van der Waals surface area contributed by atoms with Gasteiger partial charge < -0.3 is 14.8 Å². The van der Waals surface area contributed by atoms with Gasteiger partial charge in [-0.15, -0.1) is 0 Å². The molecule has 4 heteroatoms. The number of hydrogen-bond acceptors (Lipinski definition) is 4. The van der Waals surface area contributed by atoms with Crippen LogP contribution in [-0.4, -0.2) is 32.0 Å². The second kappa shape index (κ2) is 9.23. The smallest absolute Gasteiger partial charge is 0.123 e. The van der Waals surface area contributed by atoms with Crippen LogP contribution in [0.25, 0.3) is 0 Å². The number of ether oxygens (including phenoxy) is 2. The molecule has 0 radical (unpaired) electrons. The summed E-state index contributed by atoms with van der Waals surface area (Å²) < 4.78 is 11.7. The highest BCUT2D eigenvalue weighted by atomic mass is 16.5.